The van der Waals surface area contributed by atoms with E-state index in [-0.39, 0.29) is 0 Å². The Bertz CT molecular complexity index is 1130. The van der Waals surface area contributed by atoms with Gasteiger partial charge in [-0.2, -0.15) is 13.2 Å². The van der Waals surface area contributed by atoms with Crippen LogP contribution in [-0.2, 0) is 17.4 Å². The standard InChI is InChI=1S/C26H24F3NO5/c27-26(28,29)21-11-7-19(8-12-21)18-5-3-17(4-6-18)2-1-15-35-22-13-9-20(10-14-22)24(32)30-16-23(31)25(33)34/h3-14,23,31H,1-2,15-16H2,(H,30,32)(H,33,34)/t23-/m1/s1. The van der Waals surface area contributed by atoms with E-state index in [0.717, 1.165) is 36.1 Å². The van der Waals surface area contributed by atoms with Crippen molar-refractivity contribution in [3.63, 3.8) is 0 Å². The first-order valence-corrected chi connectivity index (χ1v) is 10.8. The van der Waals surface area contributed by atoms with Gasteiger partial charge in [-0.3, -0.25) is 4.79 Å². The predicted molar refractivity (Wildman–Crippen MR) is 123 cm³/mol. The molecule has 6 nitrogen and oxygen atoms in total. The highest BCUT2D eigenvalue weighted by Gasteiger charge is 2.29. The minimum absolute atomic E-state index is 0.308. The SMILES string of the molecule is O=C(NC[C@@H](O)C(=O)O)c1ccc(OCCCc2ccc(-c3ccc(C(F)(F)F)cc3)cc2)cc1. The van der Waals surface area contributed by atoms with E-state index < -0.39 is 36.3 Å². The average Bonchev–Trinajstić information content (AvgIpc) is 2.85. The zero-order chi connectivity index (χ0) is 25.4. The number of rotatable bonds is 10. The van der Waals surface area contributed by atoms with E-state index in [0.29, 0.717) is 23.5 Å². The van der Waals surface area contributed by atoms with Gasteiger partial charge >= 0.3 is 12.1 Å². The molecule has 3 rings (SSSR count). The Hall–Kier alpha value is -3.85. The van der Waals surface area contributed by atoms with Gasteiger partial charge < -0.3 is 20.3 Å². The number of carbonyl (C=O) groups excluding carboxylic acids is 1. The number of carboxylic acids is 1. The van der Waals surface area contributed by atoms with Crippen molar-refractivity contribution in [3.8, 4) is 16.9 Å². The topological polar surface area (TPSA) is 95.9 Å². The summed E-state index contributed by atoms with van der Waals surface area (Å²) in [7, 11) is 0. The molecule has 3 aromatic carbocycles. The number of aliphatic carboxylic acids is 1. The summed E-state index contributed by atoms with van der Waals surface area (Å²) in [5.74, 6) is -1.34. The van der Waals surface area contributed by atoms with Crippen molar-refractivity contribution in [2.24, 2.45) is 0 Å². The minimum atomic E-state index is -4.35. The summed E-state index contributed by atoms with van der Waals surface area (Å²) >= 11 is 0. The van der Waals surface area contributed by atoms with Gasteiger partial charge in [-0.1, -0.05) is 36.4 Å². The Balaban J connectivity index is 1.43. The number of halogens is 3. The number of hydrogen-bond donors (Lipinski definition) is 3. The van der Waals surface area contributed by atoms with E-state index in [4.69, 9.17) is 9.84 Å². The van der Waals surface area contributed by atoms with Crippen LogP contribution >= 0.6 is 0 Å². The fourth-order valence-electron chi connectivity index (χ4n) is 3.26. The van der Waals surface area contributed by atoms with E-state index in [1.54, 1.807) is 12.1 Å². The van der Waals surface area contributed by atoms with Crippen molar-refractivity contribution in [3.05, 3.63) is 89.5 Å². The lowest BCUT2D eigenvalue weighted by atomic mass is 10.0. The van der Waals surface area contributed by atoms with Crippen molar-refractivity contribution in [1.82, 2.24) is 5.32 Å². The molecule has 0 spiro atoms. The lowest BCUT2D eigenvalue weighted by Crippen LogP contribution is -2.36. The summed E-state index contributed by atoms with van der Waals surface area (Å²) in [4.78, 5) is 22.5. The number of carboxylic acid groups (broad SMARTS) is 1. The summed E-state index contributed by atoms with van der Waals surface area (Å²) in [5.41, 5.74) is 2.25. The van der Waals surface area contributed by atoms with Crippen molar-refractivity contribution in [2.45, 2.75) is 25.1 Å². The number of aliphatic hydroxyl groups excluding tert-OH is 1. The molecule has 0 aliphatic carbocycles. The molecule has 0 aliphatic heterocycles. The molecule has 0 saturated heterocycles. The fourth-order valence-corrected chi connectivity index (χ4v) is 3.26. The van der Waals surface area contributed by atoms with E-state index in [1.165, 1.54) is 24.3 Å². The number of benzene rings is 3. The second-order valence-corrected chi connectivity index (χ2v) is 7.81. The van der Waals surface area contributed by atoms with Crippen molar-refractivity contribution < 1.29 is 37.7 Å². The molecule has 0 fully saturated rings. The maximum atomic E-state index is 12.7. The molecule has 0 saturated carbocycles. The predicted octanol–water partition coefficient (Wildman–Crippen LogP) is 4.56. The molecule has 35 heavy (non-hydrogen) atoms. The van der Waals surface area contributed by atoms with Gasteiger partial charge in [0.1, 0.15) is 5.75 Å². The normalized spacial score (nSPS) is 12.1. The van der Waals surface area contributed by atoms with Crippen LogP contribution in [0.25, 0.3) is 11.1 Å². The third-order valence-electron chi connectivity index (χ3n) is 5.24. The van der Waals surface area contributed by atoms with Gasteiger partial charge in [0.05, 0.1) is 18.7 Å². The number of aliphatic hydroxyl groups is 1. The number of alkyl halides is 3. The zero-order valence-corrected chi connectivity index (χ0v) is 18.6. The Morgan fingerprint density at radius 1 is 0.886 bits per heavy atom. The first-order chi connectivity index (χ1) is 16.6. The highest BCUT2D eigenvalue weighted by Crippen LogP contribution is 2.31. The largest absolute Gasteiger partial charge is 0.494 e. The Morgan fingerprint density at radius 3 is 2.00 bits per heavy atom. The Kier molecular flexibility index (Phi) is 8.48. The maximum absolute atomic E-state index is 12.7. The number of hydrogen-bond acceptors (Lipinski definition) is 4. The average molecular weight is 487 g/mol. The van der Waals surface area contributed by atoms with Crippen LogP contribution in [0.3, 0.4) is 0 Å². The van der Waals surface area contributed by atoms with Crippen LogP contribution in [0.15, 0.2) is 72.8 Å². The zero-order valence-electron chi connectivity index (χ0n) is 18.6. The molecule has 0 heterocycles. The maximum Gasteiger partial charge on any atom is 0.416 e. The second-order valence-electron chi connectivity index (χ2n) is 7.81. The molecular formula is C26H24F3NO5. The van der Waals surface area contributed by atoms with Crippen LogP contribution in [0.1, 0.15) is 27.9 Å². The van der Waals surface area contributed by atoms with Crippen LogP contribution in [0, 0.1) is 0 Å². The minimum Gasteiger partial charge on any atom is -0.494 e. The number of nitrogens with one attached hydrogen (secondary N) is 1. The van der Waals surface area contributed by atoms with E-state index >= 15 is 0 Å². The molecule has 0 aromatic heterocycles. The van der Waals surface area contributed by atoms with Gasteiger partial charge in [0.25, 0.3) is 5.91 Å². The number of ether oxygens (including phenoxy) is 1. The van der Waals surface area contributed by atoms with E-state index in [9.17, 15) is 27.9 Å². The van der Waals surface area contributed by atoms with E-state index in [1.807, 2.05) is 24.3 Å². The van der Waals surface area contributed by atoms with Gasteiger partial charge in [-0.25, -0.2) is 4.79 Å². The number of amides is 1. The first-order valence-electron chi connectivity index (χ1n) is 10.8. The molecule has 0 radical (unpaired) electrons. The first kappa shape index (κ1) is 25.8. The van der Waals surface area contributed by atoms with Gasteiger partial charge in [-0.15, -0.1) is 0 Å². The lowest BCUT2D eigenvalue weighted by Gasteiger charge is -2.10. The smallest absolute Gasteiger partial charge is 0.416 e. The van der Waals surface area contributed by atoms with Gasteiger partial charge in [0, 0.05) is 5.56 Å². The van der Waals surface area contributed by atoms with Gasteiger partial charge in [0.15, 0.2) is 6.10 Å². The van der Waals surface area contributed by atoms with Crippen LogP contribution in [-0.4, -0.2) is 41.3 Å². The Labute approximate surface area is 200 Å². The molecular weight excluding hydrogens is 463 g/mol. The molecule has 1 amide bonds. The monoisotopic (exact) mass is 487 g/mol. The molecule has 9 heteroatoms. The van der Waals surface area contributed by atoms with Gasteiger partial charge in [0.2, 0.25) is 0 Å². The highest BCUT2D eigenvalue weighted by atomic mass is 19.4. The van der Waals surface area contributed by atoms with Crippen LogP contribution in [0.2, 0.25) is 0 Å². The summed E-state index contributed by atoms with van der Waals surface area (Å²) in [5, 5.41) is 20.2. The summed E-state index contributed by atoms with van der Waals surface area (Å²) in [6, 6.07) is 19.0. The van der Waals surface area contributed by atoms with Gasteiger partial charge in [-0.05, 0) is 65.9 Å². The van der Waals surface area contributed by atoms with E-state index in [2.05, 4.69) is 5.32 Å². The third-order valence-corrected chi connectivity index (χ3v) is 5.24. The molecule has 1 atom stereocenters. The number of aryl methyl sites for hydroxylation is 1. The Morgan fingerprint density at radius 2 is 1.46 bits per heavy atom. The third kappa shape index (κ3) is 7.58. The summed E-state index contributed by atoms with van der Waals surface area (Å²) in [6.07, 6.45) is -4.54. The van der Waals surface area contributed by atoms with Crippen molar-refractivity contribution >= 4 is 11.9 Å². The second kappa shape index (κ2) is 11.5. The quantitative estimate of drug-likeness (QED) is 0.365. The lowest BCUT2D eigenvalue weighted by molar-refractivity contribution is -0.146. The van der Waals surface area contributed by atoms with Crippen LogP contribution < -0.4 is 10.1 Å². The molecule has 0 aliphatic rings. The molecule has 3 aromatic rings. The summed E-state index contributed by atoms with van der Waals surface area (Å²) in [6.45, 7) is 0.0503. The van der Waals surface area contributed by atoms with Crippen LogP contribution in [0.5, 0.6) is 5.75 Å². The van der Waals surface area contributed by atoms with Crippen molar-refractivity contribution in [1.29, 1.82) is 0 Å². The molecule has 0 bridgehead atoms. The number of carbonyl (C=O) groups is 2. The molecule has 0 unspecified atom stereocenters. The fraction of sp³-hybridized carbons (Fsp3) is 0.231. The molecule has 3 N–H and O–H groups in total. The van der Waals surface area contributed by atoms with Crippen molar-refractivity contribution in [2.75, 3.05) is 13.2 Å². The summed E-state index contributed by atoms with van der Waals surface area (Å²) < 4.78 is 43.8. The highest BCUT2D eigenvalue weighted by molar-refractivity contribution is 5.94. The van der Waals surface area contributed by atoms with Crippen LogP contribution in [0.4, 0.5) is 13.2 Å². The molecule has 184 valence electrons.